The van der Waals surface area contributed by atoms with Crippen LogP contribution in [0.15, 0.2) is 46.9 Å². The van der Waals surface area contributed by atoms with Gasteiger partial charge in [-0.2, -0.15) is 0 Å². The average molecular weight is 280 g/mol. The van der Waals surface area contributed by atoms with Crippen molar-refractivity contribution in [3.05, 3.63) is 70.5 Å². The normalized spacial score (nSPS) is 12.8. The molecule has 0 saturated carbocycles. The number of fused-ring (bicyclic) bond motifs is 1. The van der Waals surface area contributed by atoms with E-state index in [0.29, 0.717) is 12.2 Å². The summed E-state index contributed by atoms with van der Waals surface area (Å²) in [6.07, 6.45) is -0.0378. The Hall–Kier alpha value is -2.06. The number of benzene rings is 2. The van der Waals surface area contributed by atoms with Crippen LogP contribution in [0.1, 0.15) is 34.1 Å². The van der Waals surface area contributed by atoms with E-state index in [-0.39, 0.29) is 0 Å². The molecule has 0 bridgehead atoms. The minimum absolute atomic E-state index is 0.576. The van der Waals surface area contributed by atoms with Gasteiger partial charge in [0.25, 0.3) is 0 Å². The van der Waals surface area contributed by atoms with Crippen LogP contribution in [-0.4, -0.2) is 5.11 Å². The second-order valence-electron chi connectivity index (χ2n) is 5.79. The van der Waals surface area contributed by atoms with E-state index in [1.165, 1.54) is 16.7 Å². The quantitative estimate of drug-likeness (QED) is 0.758. The molecule has 3 rings (SSSR count). The molecule has 2 aromatic carbocycles. The van der Waals surface area contributed by atoms with E-state index in [1.807, 2.05) is 31.2 Å². The predicted octanol–water partition coefficient (Wildman–Crippen LogP) is 4.63. The molecule has 1 atom stereocenters. The number of rotatable bonds is 3. The monoisotopic (exact) mass is 280 g/mol. The van der Waals surface area contributed by atoms with E-state index >= 15 is 0 Å². The molecular weight excluding hydrogens is 260 g/mol. The number of hydrogen-bond acceptors (Lipinski definition) is 2. The number of furan rings is 1. The fourth-order valence-corrected chi connectivity index (χ4v) is 2.72. The highest BCUT2D eigenvalue weighted by Crippen LogP contribution is 2.28. The highest BCUT2D eigenvalue weighted by Gasteiger charge is 2.16. The van der Waals surface area contributed by atoms with Crippen molar-refractivity contribution in [1.29, 1.82) is 0 Å². The predicted molar refractivity (Wildman–Crippen MR) is 85.5 cm³/mol. The molecule has 0 aliphatic heterocycles. The molecule has 1 unspecified atom stereocenters. The fraction of sp³-hybridized carbons (Fsp3) is 0.263. The second-order valence-corrected chi connectivity index (χ2v) is 5.79. The van der Waals surface area contributed by atoms with Crippen molar-refractivity contribution in [2.45, 2.75) is 33.3 Å². The Balaban J connectivity index is 1.91. The molecule has 0 fully saturated rings. The van der Waals surface area contributed by atoms with Crippen LogP contribution in [0, 0.1) is 20.8 Å². The first-order chi connectivity index (χ1) is 10.0. The number of aliphatic hydroxyl groups excluding tert-OH is 1. The minimum atomic E-state index is -0.614. The SMILES string of the molecule is Cc1ccc(C)c(CC(O)c2cc3cccc(C)c3o2)c1. The minimum Gasteiger partial charge on any atom is -0.458 e. The number of aryl methyl sites for hydroxylation is 3. The van der Waals surface area contributed by atoms with E-state index in [9.17, 15) is 5.11 Å². The molecule has 108 valence electrons. The second kappa shape index (κ2) is 5.38. The van der Waals surface area contributed by atoms with E-state index in [2.05, 4.69) is 32.0 Å². The summed E-state index contributed by atoms with van der Waals surface area (Å²) in [7, 11) is 0. The van der Waals surface area contributed by atoms with Crippen molar-refractivity contribution in [2.24, 2.45) is 0 Å². The van der Waals surface area contributed by atoms with Gasteiger partial charge in [-0.05, 0) is 43.5 Å². The summed E-state index contributed by atoms with van der Waals surface area (Å²) in [6.45, 7) is 6.16. The Morgan fingerprint density at radius 1 is 1.00 bits per heavy atom. The van der Waals surface area contributed by atoms with Gasteiger partial charge < -0.3 is 9.52 Å². The zero-order chi connectivity index (χ0) is 15.0. The van der Waals surface area contributed by atoms with Crippen LogP contribution in [-0.2, 0) is 6.42 Å². The van der Waals surface area contributed by atoms with E-state index in [4.69, 9.17) is 4.42 Å². The standard InChI is InChI=1S/C19H20O2/c1-12-7-8-13(2)16(9-12)10-17(20)18-11-15-6-4-5-14(3)19(15)21-18/h4-9,11,17,20H,10H2,1-3H3. The van der Waals surface area contributed by atoms with Gasteiger partial charge in [-0.3, -0.25) is 0 Å². The Morgan fingerprint density at radius 2 is 1.81 bits per heavy atom. The molecule has 1 heterocycles. The summed E-state index contributed by atoms with van der Waals surface area (Å²) in [5.41, 5.74) is 5.54. The smallest absolute Gasteiger partial charge is 0.137 e. The molecule has 0 aliphatic rings. The number of hydrogen-bond donors (Lipinski definition) is 1. The lowest BCUT2D eigenvalue weighted by atomic mass is 9.99. The van der Waals surface area contributed by atoms with Crippen LogP contribution >= 0.6 is 0 Å². The van der Waals surface area contributed by atoms with Crippen molar-refractivity contribution in [1.82, 2.24) is 0 Å². The fourth-order valence-electron chi connectivity index (χ4n) is 2.72. The van der Waals surface area contributed by atoms with Crippen LogP contribution in [0.3, 0.4) is 0 Å². The Kier molecular flexibility index (Phi) is 3.56. The Labute approximate surface area is 125 Å². The maximum atomic E-state index is 10.5. The first-order valence-corrected chi connectivity index (χ1v) is 7.28. The Morgan fingerprint density at radius 3 is 2.57 bits per heavy atom. The topological polar surface area (TPSA) is 33.4 Å². The highest BCUT2D eigenvalue weighted by molar-refractivity contribution is 5.80. The molecule has 0 amide bonds. The van der Waals surface area contributed by atoms with E-state index in [1.54, 1.807) is 0 Å². The van der Waals surface area contributed by atoms with Gasteiger partial charge in [0.15, 0.2) is 0 Å². The van der Waals surface area contributed by atoms with Crippen molar-refractivity contribution < 1.29 is 9.52 Å². The zero-order valence-electron chi connectivity index (χ0n) is 12.7. The molecule has 2 heteroatoms. The third-order valence-corrected chi connectivity index (χ3v) is 4.01. The van der Waals surface area contributed by atoms with Crippen LogP contribution in [0.25, 0.3) is 11.0 Å². The van der Waals surface area contributed by atoms with Gasteiger partial charge in [0.1, 0.15) is 17.4 Å². The van der Waals surface area contributed by atoms with Gasteiger partial charge in [-0.15, -0.1) is 0 Å². The van der Waals surface area contributed by atoms with Gasteiger partial charge >= 0.3 is 0 Å². The highest BCUT2D eigenvalue weighted by atomic mass is 16.4. The van der Waals surface area contributed by atoms with Gasteiger partial charge in [-0.1, -0.05) is 42.0 Å². The van der Waals surface area contributed by atoms with Crippen molar-refractivity contribution in [2.75, 3.05) is 0 Å². The lowest BCUT2D eigenvalue weighted by molar-refractivity contribution is 0.152. The van der Waals surface area contributed by atoms with Gasteiger partial charge in [-0.25, -0.2) is 0 Å². The molecular formula is C19H20O2. The summed E-state index contributed by atoms with van der Waals surface area (Å²) < 4.78 is 5.85. The van der Waals surface area contributed by atoms with Crippen molar-refractivity contribution >= 4 is 11.0 Å². The third kappa shape index (κ3) is 2.72. The first kappa shape index (κ1) is 13.9. The van der Waals surface area contributed by atoms with Gasteiger partial charge in [0.05, 0.1) is 0 Å². The van der Waals surface area contributed by atoms with Crippen LogP contribution in [0.5, 0.6) is 0 Å². The first-order valence-electron chi connectivity index (χ1n) is 7.28. The molecule has 21 heavy (non-hydrogen) atoms. The van der Waals surface area contributed by atoms with Gasteiger partial charge in [0, 0.05) is 11.8 Å². The number of para-hydroxylation sites is 1. The van der Waals surface area contributed by atoms with Crippen LogP contribution in [0.2, 0.25) is 0 Å². The summed E-state index contributed by atoms with van der Waals surface area (Å²) in [5.74, 6) is 0.639. The van der Waals surface area contributed by atoms with Crippen LogP contribution < -0.4 is 0 Å². The van der Waals surface area contributed by atoms with Crippen molar-refractivity contribution in [3.8, 4) is 0 Å². The maximum Gasteiger partial charge on any atom is 0.137 e. The molecule has 0 saturated heterocycles. The van der Waals surface area contributed by atoms with E-state index < -0.39 is 6.10 Å². The summed E-state index contributed by atoms with van der Waals surface area (Å²) >= 11 is 0. The largest absolute Gasteiger partial charge is 0.458 e. The lowest BCUT2D eigenvalue weighted by Gasteiger charge is -2.11. The van der Waals surface area contributed by atoms with E-state index in [0.717, 1.165) is 16.5 Å². The summed E-state index contributed by atoms with van der Waals surface area (Å²) in [6, 6.07) is 14.3. The molecule has 2 nitrogen and oxygen atoms in total. The molecule has 3 aromatic rings. The third-order valence-electron chi connectivity index (χ3n) is 4.01. The number of aliphatic hydroxyl groups is 1. The van der Waals surface area contributed by atoms with Crippen LogP contribution in [0.4, 0.5) is 0 Å². The lowest BCUT2D eigenvalue weighted by Crippen LogP contribution is -2.02. The zero-order valence-corrected chi connectivity index (χ0v) is 12.7. The maximum absolute atomic E-state index is 10.5. The molecule has 1 N–H and O–H groups in total. The molecule has 0 aliphatic carbocycles. The average Bonchev–Trinajstić information content (AvgIpc) is 2.88. The molecule has 0 spiro atoms. The van der Waals surface area contributed by atoms with Gasteiger partial charge in [0.2, 0.25) is 0 Å². The van der Waals surface area contributed by atoms with Crippen molar-refractivity contribution in [3.63, 3.8) is 0 Å². The molecule has 0 radical (unpaired) electrons. The Bertz CT molecular complexity index is 783. The molecule has 1 aromatic heterocycles. The summed E-state index contributed by atoms with van der Waals surface area (Å²) in [4.78, 5) is 0. The summed E-state index contributed by atoms with van der Waals surface area (Å²) in [5, 5.41) is 11.5.